The lowest BCUT2D eigenvalue weighted by atomic mass is 9.98. The van der Waals surface area contributed by atoms with Crippen LogP contribution in [0.15, 0.2) is 66.7 Å². The standard InChI is InChI=1S/C18H15ClO/c1-20-15-11-9-14(10-12-15)18(19)17-8-4-6-13-5-2-3-7-16(13)17/h2-12,18H,1H3. The molecule has 0 spiro atoms. The Bertz CT molecular complexity index is 714. The van der Waals surface area contributed by atoms with Crippen LogP contribution in [0.3, 0.4) is 0 Å². The molecule has 0 aromatic heterocycles. The van der Waals surface area contributed by atoms with Gasteiger partial charge in [0.15, 0.2) is 0 Å². The minimum Gasteiger partial charge on any atom is -0.497 e. The molecular formula is C18H15ClO. The van der Waals surface area contributed by atoms with Crippen LogP contribution in [0.5, 0.6) is 5.75 Å². The summed E-state index contributed by atoms with van der Waals surface area (Å²) in [4.78, 5) is 0. The van der Waals surface area contributed by atoms with E-state index in [9.17, 15) is 0 Å². The van der Waals surface area contributed by atoms with Crippen LogP contribution in [-0.4, -0.2) is 7.11 Å². The summed E-state index contributed by atoms with van der Waals surface area (Å²) >= 11 is 6.67. The molecule has 100 valence electrons. The van der Waals surface area contributed by atoms with E-state index in [0.29, 0.717) is 0 Å². The minimum atomic E-state index is -0.160. The van der Waals surface area contributed by atoms with Crippen LogP contribution in [-0.2, 0) is 0 Å². The summed E-state index contributed by atoms with van der Waals surface area (Å²) < 4.78 is 5.18. The molecule has 3 aromatic rings. The molecule has 0 bridgehead atoms. The van der Waals surface area contributed by atoms with Crippen LogP contribution in [0.25, 0.3) is 10.8 Å². The SMILES string of the molecule is COc1ccc(C(Cl)c2cccc3ccccc23)cc1. The summed E-state index contributed by atoms with van der Waals surface area (Å²) in [5, 5.41) is 2.25. The third kappa shape index (κ3) is 2.37. The Morgan fingerprint density at radius 3 is 2.30 bits per heavy atom. The molecule has 1 unspecified atom stereocenters. The zero-order valence-corrected chi connectivity index (χ0v) is 12.0. The number of halogens is 1. The number of hydrogen-bond donors (Lipinski definition) is 0. The Hall–Kier alpha value is -1.99. The van der Waals surface area contributed by atoms with E-state index in [0.717, 1.165) is 16.9 Å². The monoisotopic (exact) mass is 282 g/mol. The van der Waals surface area contributed by atoms with E-state index in [1.807, 2.05) is 36.4 Å². The summed E-state index contributed by atoms with van der Waals surface area (Å²) in [6, 6.07) is 22.5. The van der Waals surface area contributed by atoms with Gasteiger partial charge in [-0.1, -0.05) is 54.6 Å². The summed E-state index contributed by atoms with van der Waals surface area (Å²) in [5.41, 5.74) is 2.21. The Morgan fingerprint density at radius 2 is 1.55 bits per heavy atom. The first-order valence-corrected chi connectivity index (χ1v) is 6.99. The molecule has 0 N–H and O–H groups in total. The molecule has 1 atom stereocenters. The number of methoxy groups -OCH3 is 1. The molecule has 0 aliphatic carbocycles. The number of benzene rings is 3. The van der Waals surface area contributed by atoms with Crippen molar-refractivity contribution in [1.82, 2.24) is 0 Å². The van der Waals surface area contributed by atoms with Crippen molar-refractivity contribution in [3.8, 4) is 5.75 Å². The lowest BCUT2D eigenvalue weighted by Crippen LogP contribution is -1.95. The average molecular weight is 283 g/mol. The van der Waals surface area contributed by atoms with E-state index >= 15 is 0 Å². The molecule has 0 saturated heterocycles. The highest BCUT2D eigenvalue weighted by Crippen LogP contribution is 2.34. The highest BCUT2D eigenvalue weighted by Gasteiger charge is 2.13. The molecule has 0 fully saturated rings. The molecule has 0 saturated carbocycles. The smallest absolute Gasteiger partial charge is 0.118 e. The van der Waals surface area contributed by atoms with Crippen LogP contribution >= 0.6 is 11.6 Å². The van der Waals surface area contributed by atoms with Crippen molar-refractivity contribution in [2.75, 3.05) is 7.11 Å². The molecule has 3 rings (SSSR count). The van der Waals surface area contributed by atoms with Gasteiger partial charge in [0.25, 0.3) is 0 Å². The molecule has 3 aromatic carbocycles. The maximum atomic E-state index is 6.67. The second kappa shape index (κ2) is 5.56. The molecule has 20 heavy (non-hydrogen) atoms. The fourth-order valence-corrected chi connectivity index (χ4v) is 2.76. The third-order valence-electron chi connectivity index (χ3n) is 3.50. The van der Waals surface area contributed by atoms with Gasteiger partial charge in [-0.15, -0.1) is 11.6 Å². The van der Waals surface area contributed by atoms with Gasteiger partial charge in [-0.2, -0.15) is 0 Å². The third-order valence-corrected chi connectivity index (χ3v) is 3.99. The fraction of sp³-hybridized carbons (Fsp3) is 0.111. The maximum Gasteiger partial charge on any atom is 0.118 e. The molecule has 0 amide bonds. The van der Waals surface area contributed by atoms with Crippen molar-refractivity contribution in [2.24, 2.45) is 0 Å². The summed E-state index contributed by atoms with van der Waals surface area (Å²) in [6.07, 6.45) is 0. The Kier molecular flexibility index (Phi) is 3.62. The molecule has 2 heteroatoms. The maximum absolute atomic E-state index is 6.67. The molecule has 0 heterocycles. The minimum absolute atomic E-state index is 0.160. The first kappa shape index (κ1) is 13.0. The Balaban J connectivity index is 2.05. The highest BCUT2D eigenvalue weighted by molar-refractivity contribution is 6.23. The average Bonchev–Trinajstić information content (AvgIpc) is 2.54. The second-order valence-corrected chi connectivity index (χ2v) is 5.14. The molecule has 0 radical (unpaired) electrons. The van der Waals surface area contributed by atoms with Gasteiger partial charge in [0.1, 0.15) is 5.75 Å². The van der Waals surface area contributed by atoms with Gasteiger partial charge in [-0.25, -0.2) is 0 Å². The van der Waals surface area contributed by atoms with Crippen LogP contribution in [0.1, 0.15) is 16.5 Å². The van der Waals surface area contributed by atoms with E-state index in [2.05, 4.69) is 30.3 Å². The Labute approximate surface area is 123 Å². The van der Waals surface area contributed by atoms with E-state index in [1.54, 1.807) is 7.11 Å². The van der Waals surface area contributed by atoms with Gasteiger partial charge < -0.3 is 4.74 Å². The number of alkyl halides is 1. The molecule has 1 nitrogen and oxygen atoms in total. The van der Waals surface area contributed by atoms with Crippen molar-refractivity contribution >= 4 is 22.4 Å². The second-order valence-electron chi connectivity index (χ2n) is 4.70. The van der Waals surface area contributed by atoms with Gasteiger partial charge in [-0.05, 0) is 34.0 Å². The molecule has 0 aliphatic rings. The van der Waals surface area contributed by atoms with Crippen LogP contribution in [0.2, 0.25) is 0 Å². The topological polar surface area (TPSA) is 9.23 Å². The van der Waals surface area contributed by atoms with Gasteiger partial charge >= 0.3 is 0 Å². The summed E-state index contributed by atoms with van der Waals surface area (Å²) in [7, 11) is 1.66. The molecular weight excluding hydrogens is 268 g/mol. The van der Waals surface area contributed by atoms with Crippen molar-refractivity contribution in [3.63, 3.8) is 0 Å². The van der Waals surface area contributed by atoms with Crippen molar-refractivity contribution < 1.29 is 4.74 Å². The highest BCUT2D eigenvalue weighted by atomic mass is 35.5. The lowest BCUT2D eigenvalue weighted by molar-refractivity contribution is 0.414. The van der Waals surface area contributed by atoms with Crippen LogP contribution in [0.4, 0.5) is 0 Å². The fourth-order valence-electron chi connectivity index (χ4n) is 2.42. The van der Waals surface area contributed by atoms with E-state index in [4.69, 9.17) is 16.3 Å². The number of rotatable bonds is 3. The van der Waals surface area contributed by atoms with Crippen molar-refractivity contribution in [2.45, 2.75) is 5.38 Å². The van der Waals surface area contributed by atoms with Crippen LogP contribution in [0, 0.1) is 0 Å². The zero-order valence-electron chi connectivity index (χ0n) is 11.2. The van der Waals surface area contributed by atoms with Crippen molar-refractivity contribution in [3.05, 3.63) is 77.9 Å². The largest absolute Gasteiger partial charge is 0.497 e. The number of fused-ring (bicyclic) bond motifs is 1. The quantitative estimate of drug-likeness (QED) is 0.602. The van der Waals surface area contributed by atoms with Gasteiger partial charge in [-0.3, -0.25) is 0 Å². The predicted molar refractivity (Wildman–Crippen MR) is 84.6 cm³/mol. The summed E-state index contributed by atoms with van der Waals surface area (Å²) in [6.45, 7) is 0. The summed E-state index contributed by atoms with van der Waals surface area (Å²) in [5.74, 6) is 0.843. The molecule has 0 aliphatic heterocycles. The van der Waals surface area contributed by atoms with Gasteiger partial charge in [0.05, 0.1) is 12.5 Å². The van der Waals surface area contributed by atoms with E-state index in [1.165, 1.54) is 10.8 Å². The van der Waals surface area contributed by atoms with Crippen molar-refractivity contribution in [1.29, 1.82) is 0 Å². The predicted octanol–water partition coefficient (Wildman–Crippen LogP) is 5.18. The lowest BCUT2D eigenvalue weighted by Gasteiger charge is -2.13. The Morgan fingerprint density at radius 1 is 0.850 bits per heavy atom. The van der Waals surface area contributed by atoms with Gasteiger partial charge in [0.2, 0.25) is 0 Å². The van der Waals surface area contributed by atoms with Crippen LogP contribution < -0.4 is 4.74 Å². The first-order valence-electron chi connectivity index (χ1n) is 6.55. The van der Waals surface area contributed by atoms with E-state index in [-0.39, 0.29) is 5.38 Å². The van der Waals surface area contributed by atoms with E-state index < -0.39 is 0 Å². The number of hydrogen-bond acceptors (Lipinski definition) is 1. The van der Waals surface area contributed by atoms with Gasteiger partial charge in [0, 0.05) is 0 Å². The first-order chi connectivity index (χ1) is 9.79. The normalized spacial score (nSPS) is 12.3. The zero-order chi connectivity index (χ0) is 13.9. The number of ether oxygens (including phenoxy) is 1.